The molecule has 1 aliphatic rings. The zero-order chi connectivity index (χ0) is 62.0. The van der Waals surface area contributed by atoms with Crippen LogP contribution < -0.4 is 5.32 Å². The molecule has 0 saturated carbocycles. The number of aliphatic imine (C=N–C) groups is 1. The van der Waals surface area contributed by atoms with E-state index in [1.807, 2.05) is 149 Å². The van der Waals surface area contributed by atoms with Crippen LogP contribution in [0.5, 0.6) is 11.5 Å². The van der Waals surface area contributed by atoms with Gasteiger partial charge in [-0.05, 0) is 185 Å². The molecule has 0 amide bonds. The summed E-state index contributed by atoms with van der Waals surface area (Å²) in [6.07, 6.45) is 7.22. The number of hydrogen-bond donors (Lipinski definition) is 5. The molecule has 6 aromatic rings. The van der Waals surface area contributed by atoms with E-state index in [0.29, 0.717) is 67.2 Å². The molecule has 0 fully saturated rings. The number of ketones is 2. The highest BCUT2D eigenvalue weighted by atomic mass is 32.2. The molecule has 0 unspecified atom stereocenters. The Morgan fingerprint density at radius 3 is 1.33 bits per heavy atom. The normalized spacial score (nSPS) is 13.4. The molecule has 5 N–H and O–H groups in total. The third-order valence-electron chi connectivity index (χ3n) is 15.6. The van der Waals surface area contributed by atoms with E-state index < -0.39 is 51.7 Å². The quantitative estimate of drug-likeness (QED) is 0.0543. The molecule has 14 heteroatoms. The zero-order valence-corrected chi connectivity index (χ0v) is 52.9. The van der Waals surface area contributed by atoms with Crippen LogP contribution in [-0.4, -0.2) is 53.4 Å². The van der Waals surface area contributed by atoms with Gasteiger partial charge in [0.15, 0.2) is 11.6 Å². The van der Waals surface area contributed by atoms with Crippen LogP contribution in [0, 0.1) is 41.5 Å². The van der Waals surface area contributed by atoms with Gasteiger partial charge in [-0.25, -0.2) is 4.99 Å². The molecule has 7 rings (SSSR count). The van der Waals surface area contributed by atoms with Crippen LogP contribution in [0.3, 0.4) is 0 Å². The van der Waals surface area contributed by atoms with Gasteiger partial charge in [-0.15, -0.1) is 0 Å². The Labute approximate surface area is 491 Å². The molecule has 0 aliphatic heterocycles. The number of Topliss-reactive ketones (excluding diaryl/α,β-unsaturated/α-hetero) is 2. The third-order valence-corrected chi connectivity index (χ3v) is 17.4. The summed E-state index contributed by atoms with van der Waals surface area (Å²) in [5.41, 5.74) is 13.1. The van der Waals surface area contributed by atoms with Gasteiger partial charge in [0.1, 0.15) is 16.4 Å². The van der Waals surface area contributed by atoms with Crippen molar-refractivity contribution in [3.63, 3.8) is 0 Å². The largest absolute Gasteiger partial charge is 0.507 e. The number of nitrogens with one attached hydrogen (secondary N) is 1. The summed E-state index contributed by atoms with van der Waals surface area (Å²) >= 11 is 0. The third kappa shape index (κ3) is 13.7. The minimum Gasteiger partial charge on any atom is -0.507 e. The van der Waals surface area contributed by atoms with Crippen molar-refractivity contribution in [2.75, 3.05) is 5.32 Å². The highest BCUT2D eigenvalue weighted by molar-refractivity contribution is 7.86. The maximum Gasteiger partial charge on any atom is 0.295 e. The molecular formula is C69H80N2O10S2. The number of carbonyl (C=O) groups excluding carboxylic acids is 2. The second-order valence-electron chi connectivity index (χ2n) is 26.3. The predicted octanol–water partition coefficient (Wildman–Crippen LogP) is 15.9. The maximum atomic E-state index is 14.3. The lowest BCUT2D eigenvalue weighted by Crippen LogP contribution is -2.19. The molecule has 0 bridgehead atoms. The van der Waals surface area contributed by atoms with Gasteiger partial charge in [0.25, 0.3) is 20.2 Å². The van der Waals surface area contributed by atoms with Crippen LogP contribution in [0.15, 0.2) is 124 Å². The summed E-state index contributed by atoms with van der Waals surface area (Å²) in [6.45, 7) is 35.9. The average Bonchev–Trinajstić information content (AvgIpc) is 1.74. The lowest BCUT2D eigenvalue weighted by atomic mass is 9.77. The van der Waals surface area contributed by atoms with Crippen molar-refractivity contribution >= 4 is 60.1 Å². The van der Waals surface area contributed by atoms with Gasteiger partial charge in [0.05, 0.1) is 16.3 Å². The maximum absolute atomic E-state index is 14.3. The number of anilines is 2. The molecule has 83 heavy (non-hydrogen) atoms. The van der Waals surface area contributed by atoms with E-state index in [1.54, 1.807) is 60.7 Å². The Morgan fingerprint density at radius 1 is 0.494 bits per heavy atom. The number of carbonyl (C=O) groups is 2. The first kappa shape index (κ1) is 63.4. The van der Waals surface area contributed by atoms with Gasteiger partial charge in [0.2, 0.25) is 0 Å². The van der Waals surface area contributed by atoms with Crippen LogP contribution in [0.2, 0.25) is 0 Å². The number of phenols is 2. The molecule has 6 aromatic carbocycles. The van der Waals surface area contributed by atoms with Crippen molar-refractivity contribution in [1.29, 1.82) is 0 Å². The van der Waals surface area contributed by atoms with Gasteiger partial charge >= 0.3 is 0 Å². The van der Waals surface area contributed by atoms with E-state index in [2.05, 4.69) is 5.32 Å². The van der Waals surface area contributed by atoms with Crippen LogP contribution in [-0.2, 0) is 54.7 Å². The molecule has 12 nitrogen and oxygen atoms in total. The monoisotopic (exact) mass is 1160 g/mol. The summed E-state index contributed by atoms with van der Waals surface area (Å²) in [6, 6.07) is 21.4. The van der Waals surface area contributed by atoms with Crippen LogP contribution in [0.25, 0.3) is 5.57 Å². The summed E-state index contributed by atoms with van der Waals surface area (Å²) in [5.74, 6) is 0.222. The Hall–Kier alpha value is -7.23. The first-order valence-corrected chi connectivity index (χ1v) is 30.6. The number of phenolic OH excluding ortho intramolecular Hbond substituents is 2. The molecule has 0 aromatic heterocycles. The second kappa shape index (κ2) is 22.7. The number of allylic oxidation sites excluding steroid dienone is 5. The predicted molar refractivity (Wildman–Crippen MR) is 336 cm³/mol. The fourth-order valence-electron chi connectivity index (χ4n) is 11.0. The Morgan fingerprint density at radius 2 is 0.916 bits per heavy atom. The van der Waals surface area contributed by atoms with Crippen molar-refractivity contribution in [1.82, 2.24) is 0 Å². The fourth-order valence-corrected chi connectivity index (χ4v) is 12.3. The van der Waals surface area contributed by atoms with Gasteiger partial charge in [-0.2, -0.15) is 16.8 Å². The summed E-state index contributed by atoms with van der Waals surface area (Å²) in [7, 11) is -9.99. The van der Waals surface area contributed by atoms with Gasteiger partial charge in [0, 0.05) is 63.2 Å². The topological polar surface area (TPSA) is 208 Å². The highest BCUT2D eigenvalue weighted by Crippen LogP contribution is 2.43. The minimum atomic E-state index is -5.10. The Bertz CT molecular complexity index is 3930. The smallest absolute Gasteiger partial charge is 0.295 e. The minimum absolute atomic E-state index is 0.0416. The standard InChI is InChI=1S/C69H80N2O10S2/c1-38-29-40(3)62(42(5)52(38)36-58(72)46-31-54(66(7,8)9)64(74)55(32-46)67(10,11)12)70-48-23-19-44(20-24-48)61(51-28-27-50(82(76,77)78)35-60(51)83(79,80)81)45-21-25-49(26-22-45)71-63-41(4)30-39(2)53(43(63)6)37-59(73)47-33-56(68(13,14)15)65(75)57(34-47)69(16,17)18/h19-35,70,74-75H,36-37H2,1-18H3,(H,76,77,78)(H,79,80,81). The zero-order valence-electron chi connectivity index (χ0n) is 51.2. The molecule has 0 saturated heterocycles. The van der Waals surface area contributed by atoms with Crippen LogP contribution >= 0.6 is 0 Å². The average molecular weight is 1160 g/mol. The molecule has 0 spiro atoms. The van der Waals surface area contributed by atoms with Crippen molar-refractivity contribution in [3.8, 4) is 11.5 Å². The fraction of sp³-hybridized carbons (Fsp3) is 0.348. The lowest BCUT2D eigenvalue weighted by Gasteiger charge is -2.28. The van der Waals surface area contributed by atoms with E-state index in [4.69, 9.17) is 4.99 Å². The Balaban J connectivity index is 1.27. The van der Waals surface area contributed by atoms with Crippen molar-refractivity contribution in [2.45, 2.75) is 169 Å². The lowest BCUT2D eigenvalue weighted by molar-refractivity contribution is 0.0984. The number of nitrogens with zero attached hydrogens (tertiary/aromatic N) is 1. The van der Waals surface area contributed by atoms with Crippen molar-refractivity contribution < 1.29 is 45.7 Å². The summed E-state index contributed by atoms with van der Waals surface area (Å²) < 4.78 is 71.6. The molecule has 0 atom stereocenters. The summed E-state index contributed by atoms with van der Waals surface area (Å²) in [4.78, 5) is 32.2. The van der Waals surface area contributed by atoms with E-state index in [1.165, 1.54) is 6.07 Å². The molecule has 0 radical (unpaired) electrons. The Kier molecular flexibility index (Phi) is 17.4. The highest BCUT2D eigenvalue weighted by Gasteiger charge is 2.31. The molecule has 1 aliphatic carbocycles. The van der Waals surface area contributed by atoms with Gasteiger partial charge < -0.3 is 15.5 Å². The molecule has 0 heterocycles. The van der Waals surface area contributed by atoms with E-state index in [9.17, 15) is 45.7 Å². The summed E-state index contributed by atoms with van der Waals surface area (Å²) in [5, 5.41) is 26.3. The van der Waals surface area contributed by atoms with Gasteiger partial charge in [-0.3, -0.25) is 18.7 Å². The van der Waals surface area contributed by atoms with E-state index in [0.717, 1.165) is 62.3 Å². The molecular weight excluding hydrogens is 1080 g/mol. The first-order valence-electron chi connectivity index (χ1n) is 27.8. The molecule has 438 valence electrons. The van der Waals surface area contributed by atoms with E-state index >= 15 is 0 Å². The number of rotatable bonds is 13. The van der Waals surface area contributed by atoms with Crippen LogP contribution in [0.4, 0.5) is 17.1 Å². The van der Waals surface area contributed by atoms with Crippen molar-refractivity contribution in [2.24, 2.45) is 4.99 Å². The number of hydrogen-bond acceptors (Lipinski definition) is 10. The first-order chi connectivity index (χ1) is 38.1. The number of aryl methyl sites for hydroxylation is 4. The van der Waals surface area contributed by atoms with Gasteiger partial charge in [-0.1, -0.05) is 126 Å². The van der Waals surface area contributed by atoms with Crippen LogP contribution in [0.1, 0.15) is 182 Å². The van der Waals surface area contributed by atoms with Crippen molar-refractivity contribution in [3.05, 3.63) is 198 Å². The number of aromatic hydroxyl groups is 2. The van der Waals surface area contributed by atoms with E-state index in [-0.39, 0.29) is 41.5 Å². The SMILES string of the molecule is Cc1cc(C)c(N=C2C=CC(=C(c3ccc(Nc4c(C)cc(C)c(CC(=O)c5cc(C(C)(C)C)c(O)c(C(C)(C)C)c5)c4C)cc3)c3ccc(S(=O)(=O)O)cc3S(=O)(=O)O)C=C2)c(C)c1CC(=O)c1cc(C(C)(C)C)c(O)c(C(C)(C)C)c1. The number of benzene rings is 6. The second-order valence-corrected chi connectivity index (χ2v) is 29.1.